The average molecular weight is 740 g/mol. The van der Waals surface area contributed by atoms with Crippen LogP contribution in [0.25, 0.3) is 76.5 Å². The lowest BCUT2D eigenvalue weighted by Gasteiger charge is -2.22. The summed E-state index contributed by atoms with van der Waals surface area (Å²) in [6.45, 7) is 0. The number of aromatic nitrogens is 1. The van der Waals surface area contributed by atoms with E-state index in [-0.39, 0.29) is 6.04 Å². The first-order chi connectivity index (χ1) is 28.7. The Balaban J connectivity index is 1.00. The van der Waals surface area contributed by atoms with Crippen LogP contribution in [-0.4, -0.2) is 16.5 Å². The molecule has 0 N–H and O–H groups in total. The Bertz CT molecular complexity index is 3240. The second kappa shape index (κ2) is 14.2. The summed E-state index contributed by atoms with van der Waals surface area (Å²) in [5, 5.41) is 9.83. The minimum absolute atomic E-state index is 0.106. The van der Waals surface area contributed by atoms with Gasteiger partial charge in [-0.25, -0.2) is 4.99 Å². The maximum Gasteiger partial charge on any atom is 0.155 e. The van der Waals surface area contributed by atoms with Crippen molar-refractivity contribution in [1.82, 2.24) is 4.98 Å². The zero-order valence-corrected chi connectivity index (χ0v) is 31.8. The molecule has 1 atom stereocenters. The van der Waals surface area contributed by atoms with Crippen LogP contribution in [0.5, 0.6) is 0 Å². The Morgan fingerprint density at radius 3 is 1.76 bits per heavy atom. The van der Waals surface area contributed by atoms with E-state index in [2.05, 4.69) is 199 Å². The number of benzene rings is 9. The normalized spacial score (nSPS) is 14.2. The number of pyridine rings is 1. The third-order valence-electron chi connectivity index (χ3n) is 11.7. The molecular weight excluding hydrogens is 703 g/mol. The first-order valence-corrected chi connectivity index (χ1v) is 19.9. The highest BCUT2D eigenvalue weighted by Gasteiger charge is 2.23. The first-order valence-electron chi connectivity index (χ1n) is 19.9. The summed E-state index contributed by atoms with van der Waals surface area (Å²) in [5.74, 6) is 0.750. The number of aliphatic imine (C=N–C) groups is 2. The third-order valence-corrected chi connectivity index (χ3v) is 11.7. The van der Waals surface area contributed by atoms with E-state index in [4.69, 9.17) is 9.98 Å². The SMILES string of the molecule is c1cc(C2=NC(c3ccc(-c4cccc5ccccc45)cc3)=NC(c3ccc(-c4cncc5ccccc45)cc3)C2)cc(-c2cc3ccccc3c3ccccc23)c1. The smallest absolute Gasteiger partial charge is 0.155 e. The van der Waals surface area contributed by atoms with Gasteiger partial charge in [-0.2, -0.15) is 0 Å². The number of rotatable bonds is 6. The van der Waals surface area contributed by atoms with Crippen LogP contribution in [0.3, 0.4) is 0 Å². The van der Waals surface area contributed by atoms with E-state index in [1.54, 1.807) is 0 Å². The summed E-state index contributed by atoms with van der Waals surface area (Å²) in [6, 6.07) is 69.7. The average Bonchev–Trinajstić information content (AvgIpc) is 3.31. The van der Waals surface area contributed by atoms with Gasteiger partial charge in [0, 0.05) is 35.3 Å². The Morgan fingerprint density at radius 2 is 0.948 bits per heavy atom. The minimum atomic E-state index is -0.106. The van der Waals surface area contributed by atoms with Gasteiger partial charge in [0.25, 0.3) is 0 Å². The standard InChI is InChI=1S/C55H37N3/c1-4-17-45-36(11-1)14-10-22-46(45)37-25-29-40(30-26-37)55-57-53(39-27-23-38(24-28-39)52-35-56-34-44-13-3-6-19-48(44)52)33-54(58-55)43-16-9-15-41(31-43)51-32-42-12-2-5-18-47(42)49-20-7-8-21-50(49)51/h1-32,34-35,53H,33H2. The van der Waals surface area contributed by atoms with Crippen LogP contribution >= 0.6 is 0 Å². The monoisotopic (exact) mass is 739 g/mol. The molecule has 10 aromatic rings. The van der Waals surface area contributed by atoms with Crippen molar-refractivity contribution in [2.45, 2.75) is 12.5 Å². The van der Waals surface area contributed by atoms with Gasteiger partial charge < -0.3 is 0 Å². The van der Waals surface area contributed by atoms with E-state index in [0.29, 0.717) is 6.42 Å². The first kappa shape index (κ1) is 33.8. The Kier molecular flexibility index (Phi) is 8.29. The predicted molar refractivity (Wildman–Crippen MR) is 244 cm³/mol. The van der Waals surface area contributed by atoms with Crippen LogP contribution in [0, 0.1) is 0 Å². The van der Waals surface area contributed by atoms with Gasteiger partial charge in [-0.1, -0.05) is 182 Å². The minimum Gasteiger partial charge on any atom is -0.263 e. The summed E-state index contributed by atoms with van der Waals surface area (Å²) >= 11 is 0. The lowest BCUT2D eigenvalue weighted by molar-refractivity contribution is 0.754. The lowest BCUT2D eigenvalue weighted by Crippen LogP contribution is -2.17. The fraction of sp³-hybridized carbons (Fsp3) is 0.0364. The molecule has 3 heteroatoms. The van der Waals surface area contributed by atoms with E-state index in [1.807, 2.05) is 12.4 Å². The molecule has 1 aliphatic heterocycles. The molecule has 1 aromatic heterocycles. The van der Waals surface area contributed by atoms with E-state index in [0.717, 1.165) is 44.8 Å². The second-order valence-corrected chi connectivity index (χ2v) is 15.1. The van der Waals surface area contributed by atoms with Crippen LogP contribution < -0.4 is 0 Å². The van der Waals surface area contributed by atoms with Crippen molar-refractivity contribution >= 4 is 54.6 Å². The zero-order chi connectivity index (χ0) is 38.4. The number of hydrogen-bond donors (Lipinski definition) is 0. The van der Waals surface area contributed by atoms with Crippen molar-refractivity contribution in [3.63, 3.8) is 0 Å². The third kappa shape index (κ3) is 6.05. The van der Waals surface area contributed by atoms with E-state index >= 15 is 0 Å². The summed E-state index contributed by atoms with van der Waals surface area (Å²) in [7, 11) is 0. The Labute approximate surface area is 337 Å². The Hall–Kier alpha value is -7.49. The molecule has 0 amide bonds. The summed E-state index contributed by atoms with van der Waals surface area (Å²) in [4.78, 5) is 15.3. The van der Waals surface area contributed by atoms with Gasteiger partial charge in [0.15, 0.2) is 5.84 Å². The number of nitrogens with zero attached hydrogens (tertiary/aromatic N) is 3. The highest BCUT2D eigenvalue weighted by Crippen LogP contribution is 2.37. The van der Waals surface area contributed by atoms with E-state index in [9.17, 15) is 0 Å². The zero-order valence-electron chi connectivity index (χ0n) is 31.8. The maximum atomic E-state index is 5.38. The molecule has 0 saturated heterocycles. The molecule has 0 bridgehead atoms. The predicted octanol–water partition coefficient (Wildman–Crippen LogP) is 14.1. The van der Waals surface area contributed by atoms with E-state index in [1.165, 1.54) is 60.0 Å². The van der Waals surface area contributed by atoms with Gasteiger partial charge in [0.2, 0.25) is 0 Å². The van der Waals surface area contributed by atoms with Crippen LogP contribution in [0.4, 0.5) is 0 Å². The topological polar surface area (TPSA) is 37.6 Å². The van der Waals surface area contributed by atoms with Crippen LogP contribution in [0.15, 0.2) is 217 Å². The summed E-state index contributed by atoms with van der Waals surface area (Å²) < 4.78 is 0. The van der Waals surface area contributed by atoms with Gasteiger partial charge in [-0.05, 0) is 88.8 Å². The highest BCUT2D eigenvalue weighted by atomic mass is 15.0. The largest absolute Gasteiger partial charge is 0.263 e. The number of fused-ring (bicyclic) bond motifs is 5. The van der Waals surface area contributed by atoms with Crippen LogP contribution in [-0.2, 0) is 0 Å². The molecular formula is C55H37N3. The van der Waals surface area contributed by atoms with Crippen LogP contribution in [0.2, 0.25) is 0 Å². The summed E-state index contributed by atoms with van der Waals surface area (Å²) in [6.07, 6.45) is 4.58. The molecule has 2 heterocycles. The van der Waals surface area contributed by atoms with Gasteiger partial charge in [0.05, 0.1) is 11.8 Å². The van der Waals surface area contributed by atoms with E-state index < -0.39 is 0 Å². The summed E-state index contributed by atoms with van der Waals surface area (Å²) in [5.41, 5.74) is 11.4. The highest BCUT2D eigenvalue weighted by molar-refractivity contribution is 6.16. The van der Waals surface area contributed by atoms with Crippen molar-refractivity contribution in [3.8, 4) is 33.4 Å². The maximum absolute atomic E-state index is 5.38. The van der Waals surface area contributed by atoms with Gasteiger partial charge in [-0.3, -0.25) is 9.98 Å². The lowest BCUT2D eigenvalue weighted by atomic mass is 9.90. The quantitative estimate of drug-likeness (QED) is 0.156. The second-order valence-electron chi connectivity index (χ2n) is 15.1. The fourth-order valence-corrected chi connectivity index (χ4v) is 8.76. The van der Waals surface area contributed by atoms with Crippen molar-refractivity contribution in [3.05, 3.63) is 223 Å². The molecule has 11 rings (SSSR count). The van der Waals surface area contributed by atoms with Crippen molar-refractivity contribution in [1.29, 1.82) is 0 Å². The van der Waals surface area contributed by atoms with Gasteiger partial charge in [0.1, 0.15) is 0 Å². The van der Waals surface area contributed by atoms with Crippen LogP contribution in [0.1, 0.15) is 29.2 Å². The molecule has 9 aromatic carbocycles. The molecule has 0 aliphatic carbocycles. The van der Waals surface area contributed by atoms with Crippen molar-refractivity contribution in [2.75, 3.05) is 0 Å². The van der Waals surface area contributed by atoms with Crippen molar-refractivity contribution < 1.29 is 0 Å². The molecule has 58 heavy (non-hydrogen) atoms. The van der Waals surface area contributed by atoms with Crippen molar-refractivity contribution in [2.24, 2.45) is 9.98 Å². The van der Waals surface area contributed by atoms with Gasteiger partial charge in [-0.15, -0.1) is 0 Å². The molecule has 0 saturated carbocycles. The molecule has 1 aliphatic rings. The molecule has 1 unspecified atom stereocenters. The molecule has 272 valence electrons. The molecule has 0 fully saturated rings. The number of hydrogen-bond acceptors (Lipinski definition) is 3. The van der Waals surface area contributed by atoms with Gasteiger partial charge >= 0.3 is 0 Å². The molecule has 3 nitrogen and oxygen atoms in total. The fourth-order valence-electron chi connectivity index (χ4n) is 8.76. The Morgan fingerprint density at radius 1 is 0.362 bits per heavy atom. The molecule has 0 radical (unpaired) electrons. The molecule has 0 spiro atoms. The number of amidine groups is 1.